The molecule has 0 bridgehead atoms. The Morgan fingerprint density at radius 3 is 2.05 bits per heavy atom. The molecule has 0 heterocycles. The number of nitrogens with one attached hydrogen (secondary N) is 1. The van der Waals surface area contributed by atoms with Crippen molar-refractivity contribution in [1.29, 1.82) is 0 Å². The van der Waals surface area contributed by atoms with Crippen molar-refractivity contribution in [2.45, 2.75) is 64.1 Å². The zero-order valence-corrected chi connectivity index (χ0v) is 26.8. The molecule has 3 aromatic rings. The number of sulfonamides is 1. The molecular formula is C31H37Cl2N3O5S. The van der Waals surface area contributed by atoms with Crippen LogP contribution in [0.4, 0.5) is 5.69 Å². The van der Waals surface area contributed by atoms with Crippen LogP contribution in [0.3, 0.4) is 0 Å². The summed E-state index contributed by atoms with van der Waals surface area (Å²) < 4.78 is 34.2. The highest BCUT2D eigenvalue weighted by atomic mass is 35.5. The number of methoxy groups -OCH3 is 1. The van der Waals surface area contributed by atoms with Crippen LogP contribution in [0.1, 0.15) is 44.7 Å². The number of hydrogen-bond donors (Lipinski definition) is 1. The number of carbonyl (C=O) groups excluding carboxylic acids is 2. The van der Waals surface area contributed by atoms with Crippen molar-refractivity contribution in [2.75, 3.05) is 18.0 Å². The van der Waals surface area contributed by atoms with Gasteiger partial charge < -0.3 is 15.0 Å². The molecule has 0 radical (unpaired) electrons. The predicted octanol–water partition coefficient (Wildman–Crippen LogP) is 6.23. The van der Waals surface area contributed by atoms with Crippen molar-refractivity contribution in [1.82, 2.24) is 10.2 Å². The maximum Gasteiger partial charge on any atom is 0.264 e. The Kier molecular flexibility index (Phi) is 11.7. The fourth-order valence-electron chi connectivity index (χ4n) is 4.33. The number of nitrogens with zero attached hydrogens (tertiary/aromatic N) is 2. The topological polar surface area (TPSA) is 96.0 Å². The Bertz CT molecular complexity index is 1460. The summed E-state index contributed by atoms with van der Waals surface area (Å²) >= 11 is 12.9. The van der Waals surface area contributed by atoms with Gasteiger partial charge in [-0.2, -0.15) is 0 Å². The van der Waals surface area contributed by atoms with E-state index in [1.807, 2.05) is 20.8 Å². The summed E-state index contributed by atoms with van der Waals surface area (Å²) in [7, 11) is -2.72. The molecule has 0 aliphatic carbocycles. The number of amides is 2. The third kappa shape index (κ3) is 7.96. The normalized spacial score (nSPS) is 12.7. The number of halogens is 2. The van der Waals surface area contributed by atoms with Crippen molar-refractivity contribution < 1.29 is 22.7 Å². The Labute approximate surface area is 258 Å². The monoisotopic (exact) mass is 633 g/mol. The van der Waals surface area contributed by atoms with Gasteiger partial charge in [0.05, 0.1) is 17.7 Å². The molecule has 3 rings (SSSR count). The zero-order chi connectivity index (χ0) is 31.0. The Hall–Kier alpha value is -3.27. The highest BCUT2D eigenvalue weighted by Gasteiger charge is 2.34. The molecule has 8 nitrogen and oxygen atoms in total. The van der Waals surface area contributed by atoms with E-state index in [1.54, 1.807) is 61.5 Å². The number of carbonyl (C=O) groups is 2. The summed E-state index contributed by atoms with van der Waals surface area (Å²) in [6.45, 7) is 6.85. The van der Waals surface area contributed by atoms with E-state index in [-0.39, 0.29) is 29.8 Å². The lowest BCUT2D eigenvalue weighted by Crippen LogP contribution is -2.53. The molecule has 0 spiro atoms. The Morgan fingerprint density at radius 1 is 0.929 bits per heavy atom. The van der Waals surface area contributed by atoms with Crippen LogP contribution in [-0.2, 0) is 26.2 Å². The molecule has 226 valence electrons. The van der Waals surface area contributed by atoms with Gasteiger partial charge >= 0.3 is 0 Å². The van der Waals surface area contributed by atoms with Crippen molar-refractivity contribution in [2.24, 2.45) is 0 Å². The number of hydrogen-bond acceptors (Lipinski definition) is 5. The minimum absolute atomic E-state index is 0.0149. The van der Waals surface area contributed by atoms with Crippen molar-refractivity contribution in [3.05, 3.63) is 87.9 Å². The van der Waals surface area contributed by atoms with Crippen LogP contribution in [0.15, 0.2) is 71.6 Å². The van der Waals surface area contributed by atoms with E-state index in [2.05, 4.69) is 5.32 Å². The molecule has 42 heavy (non-hydrogen) atoms. The fourth-order valence-corrected chi connectivity index (χ4v) is 6.26. The molecule has 1 N–H and O–H groups in total. The molecule has 0 saturated carbocycles. The van der Waals surface area contributed by atoms with Gasteiger partial charge in [-0.15, -0.1) is 0 Å². The van der Waals surface area contributed by atoms with Crippen LogP contribution >= 0.6 is 23.2 Å². The number of ether oxygens (including phenoxy) is 1. The molecule has 0 unspecified atom stereocenters. The molecule has 0 fully saturated rings. The summed E-state index contributed by atoms with van der Waals surface area (Å²) in [5, 5.41) is 3.61. The standard InChI is InChI=1S/C31H37Cl2N3O5S/c1-6-22(4)34-31(38)29(7-2)35(19-26-27(32)9-8-10-28(26)33)30(37)20-36(23-13-11-21(3)12-14-23)42(39,40)25-17-15-24(41-5)16-18-25/h8-18,22,29H,6-7,19-20H2,1-5H3,(H,34,38)/t22-,29-/m1/s1. The van der Waals surface area contributed by atoms with E-state index in [0.717, 1.165) is 9.87 Å². The second kappa shape index (κ2) is 14.8. The van der Waals surface area contributed by atoms with Gasteiger partial charge in [0, 0.05) is 28.2 Å². The van der Waals surface area contributed by atoms with Crippen LogP contribution in [0.5, 0.6) is 5.75 Å². The molecule has 2 atom stereocenters. The third-order valence-corrected chi connectivity index (χ3v) is 9.52. The summed E-state index contributed by atoms with van der Waals surface area (Å²) in [6, 6.07) is 16.7. The summed E-state index contributed by atoms with van der Waals surface area (Å²) in [5.74, 6) is -0.439. The van der Waals surface area contributed by atoms with Gasteiger partial charge in [-0.3, -0.25) is 13.9 Å². The molecule has 0 saturated heterocycles. The average Bonchev–Trinajstić information content (AvgIpc) is 2.97. The first-order valence-corrected chi connectivity index (χ1v) is 15.9. The molecule has 2 amide bonds. The first-order chi connectivity index (χ1) is 19.9. The van der Waals surface area contributed by atoms with Crippen LogP contribution in [0, 0.1) is 6.92 Å². The van der Waals surface area contributed by atoms with E-state index < -0.39 is 28.5 Å². The highest BCUT2D eigenvalue weighted by Crippen LogP contribution is 2.29. The molecule has 0 aliphatic heterocycles. The van der Waals surface area contributed by atoms with E-state index in [4.69, 9.17) is 27.9 Å². The lowest BCUT2D eigenvalue weighted by atomic mass is 10.1. The first kappa shape index (κ1) is 33.2. The lowest BCUT2D eigenvalue weighted by molar-refractivity contribution is -0.140. The van der Waals surface area contributed by atoms with Gasteiger partial charge in [-0.25, -0.2) is 8.42 Å². The summed E-state index contributed by atoms with van der Waals surface area (Å²) in [5.41, 5.74) is 1.69. The number of anilines is 1. The van der Waals surface area contributed by atoms with Crippen LogP contribution in [0.25, 0.3) is 0 Å². The second-order valence-corrected chi connectivity index (χ2v) is 12.7. The predicted molar refractivity (Wildman–Crippen MR) is 168 cm³/mol. The van der Waals surface area contributed by atoms with Crippen molar-refractivity contribution in [3.63, 3.8) is 0 Å². The zero-order valence-electron chi connectivity index (χ0n) is 24.4. The van der Waals surface area contributed by atoms with Gasteiger partial charge in [0.1, 0.15) is 18.3 Å². The molecule has 11 heteroatoms. The summed E-state index contributed by atoms with van der Waals surface area (Å²) in [6.07, 6.45) is 0.986. The second-order valence-electron chi connectivity index (χ2n) is 9.99. The van der Waals surface area contributed by atoms with E-state index in [0.29, 0.717) is 33.5 Å². The van der Waals surface area contributed by atoms with Crippen LogP contribution < -0.4 is 14.4 Å². The fraction of sp³-hybridized carbons (Fsp3) is 0.355. The maximum atomic E-state index is 14.2. The first-order valence-electron chi connectivity index (χ1n) is 13.7. The van der Waals surface area contributed by atoms with Gasteiger partial charge in [-0.05, 0) is 75.2 Å². The quantitative estimate of drug-likeness (QED) is 0.241. The Balaban J connectivity index is 2.09. The number of benzene rings is 3. The van der Waals surface area contributed by atoms with Gasteiger partial charge in [-0.1, -0.05) is 60.8 Å². The summed E-state index contributed by atoms with van der Waals surface area (Å²) in [4.78, 5) is 28.9. The largest absolute Gasteiger partial charge is 0.497 e. The minimum atomic E-state index is -4.21. The highest BCUT2D eigenvalue weighted by molar-refractivity contribution is 7.92. The van der Waals surface area contributed by atoms with Gasteiger partial charge in [0.25, 0.3) is 10.0 Å². The SMILES string of the molecule is CC[C@@H](C)NC(=O)[C@@H](CC)N(Cc1c(Cl)cccc1Cl)C(=O)CN(c1ccc(C)cc1)S(=O)(=O)c1ccc(OC)cc1. The van der Waals surface area contributed by atoms with E-state index in [1.165, 1.54) is 24.1 Å². The molecule has 3 aromatic carbocycles. The molecule has 0 aromatic heterocycles. The van der Waals surface area contributed by atoms with Crippen molar-refractivity contribution in [3.8, 4) is 5.75 Å². The van der Waals surface area contributed by atoms with Crippen LogP contribution in [-0.4, -0.2) is 50.9 Å². The lowest BCUT2D eigenvalue weighted by Gasteiger charge is -2.34. The van der Waals surface area contributed by atoms with Gasteiger partial charge in [0.15, 0.2) is 0 Å². The van der Waals surface area contributed by atoms with Gasteiger partial charge in [0.2, 0.25) is 11.8 Å². The van der Waals surface area contributed by atoms with Crippen LogP contribution in [0.2, 0.25) is 10.0 Å². The minimum Gasteiger partial charge on any atom is -0.497 e. The molecular weight excluding hydrogens is 597 g/mol. The maximum absolute atomic E-state index is 14.2. The number of rotatable bonds is 13. The Morgan fingerprint density at radius 2 is 1.52 bits per heavy atom. The average molecular weight is 635 g/mol. The van der Waals surface area contributed by atoms with E-state index >= 15 is 0 Å². The number of aryl methyl sites for hydroxylation is 1. The third-order valence-electron chi connectivity index (χ3n) is 7.03. The van der Waals surface area contributed by atoms with E-state index in [9.17, 15) is 18.0 Å². The van der Waals surface area contributed by atoms with Crippen molar-refractivity contribution >= 4 is 50.7 Å². The molecule has 0 aliphatic rings. The smallest absolute Gasteiger partial charge is 0.264 e.